The van der Waals surface area contributed by atoms with Gasteiger partial charge in [-0.25, -0.2) is 0 Å². The first-order valence-electron chi connectivity index (χ1n) is 0. The van der Waals surface area contributed by atoms with Gasteiger partial charge in [0.1, 0.15) is 0 Å². The van der Waals surface area contributed by atoms with E-state index in [2.05, 4.69) is 0 Å². The van der Waals surface area contributed by atoms with Crippen LogP contribution in [0.5, 0.6) is 0 Å². The Bertz CT molecular complexity index is 11.7. The van der Waals surface area contributed by atoms with E-state index in [1.165, 1.54) is 0 Å². The molecule has 0 aromatic carbocycles. The molecule has 0 bridgehead atoms. The molecule has 0 amide bonds. The molecule has 0 aromatic heterocycles. The minimum absolute atomic E-state index is 0. The molecule has 0 saturated carbocycles. The Balaban J connectivity index is 0. The van der Waals surface area contributed by atoms with Crippen LogP contribution in [0, 0.1) is 0 Å². The average molecular weight is 202 g/mol. The molecule has 0 atom stereocenters. The molecule has 0 N–H and O–H groups in total. The maximum atomic E-state index is 0. The van der Waals surface area contributed by atoms with E-state index in [0.29, 0.717) is 0 Å². The van der Waals surface area contributed by atoms with Crippen LogP contribution in [-0.4, -0.2) is 17.4 Å². The zero-order chi connectivity index (χ0) is 0. The largest absolute Gasteiger partial charge is 3.00 e. The summed E-state index contributed by atoms with van der Waals surface area (Å²) in [5.74, 6) is 0. The van der Waals surface area contributed by atoms with Crippen molar-refractivity contribution in [1.29, 1.82) is 0 Å². The second kappa shape index (κ2) is 153. The van der Waals surface area contributed by atoms with Gasteiger partial charge < -0.3 is 21.9 Å². The fourth-order valence-corrected chi connectivity index (χ4v) is 0. The Morgan fingerprint density at radius 2 is 0.571 bits per heavy atom. The molecule has 4 nitrogen and oxygen atoms in total. The first-order chi connectivity index (χ1) is 0. The number of hydrogen-bond acceptors (Lipinski definition) is 0. The molecule has 0 saturated heterocycles. The normalized spacial score (nSPS) is 0. The topological polar surface area (TPSA) is 114 Å². The van der Waals surface area contributed by atoms with Crippen molar-refractivity contribution in [3.63, 3.8) is 0 Å². The fraction of sp³-hybridized carbons (Fsp3) is 0. The van der Waals surface area contributed by atoms with Gasteiger partial charge in [0.25, 0.3) is 0 Å². The molecule has 0 aromatic rings. The van der Waals surface area contributed by atoms with Crippen LogP contribution in [0.2, 0.25) is 0 Å². The smallest absolute Gasteiger partial charge is 2.00 e. The van der Waals surface area contributed by atoms with Gasteiger partial charge in [-0.1, -0.05) is 0 Å². The Hall–Kier alpha value is 1.41. The molecule has 42 valence electrons. The van der Waals surface area contributed by atoms with Gasteiger partial charge in [-0.15, -0.1) is 0 Å². The zero-order valence-electron chi connectivity index (χ0n) is 2.95. The van der Waals surface area contributed by atoms with E-state index >= 15 is 0 Å². The summed E-state index contributed by atoms with van der Waals surface area (Å²) in [6.07, 6.45) is 0. The van der Waals surface area contributed by atoms with E-state index in [9.17, 15) is 0 Å². The third-order valence-electron chi connectivity index (χ3n) is 0. The Labute approximate surface area is 73.4 Å². The van der Waals surface area contributed by atoms with Crippen molar-refractivity contribution in [3.05, 3.63) is 0 Å². The first kappa shape index (κ1) is 232. The molecule has 2 radical (unpaired) electrons. The molecule has 0 aliphatic carbocycles. The summed E-state index contributed by atoms with van der Waals surface area (Å²) in [5.41, 5.74) is 0. The summed E-state index contributed by atoms with van der Waals surface area (Å²) >= 11 is 0. The molecule has 7 heteroatoms. The van der Waals surface area contributed by atoms with E-state index < -0.39 is 0 Å². The molecule has 0 aliphatic heterocycles. The second-order valence-corrected chi connectivity index (χ2v) is 0. The third kappa shape index (κ3) is 109. The van der Waals surface area contributed by atoms with Crippen molar-refractivity contribution in [2.45, 2.75) is 0 Å². The maximum absolute atomic E-state index is 0. The summed E-state index contributed by atoms with van der Waals surface area (Å²) in [7, 11) is 0. The van der Waals surface area contributed by atoms with Crippen molar-refractivity contribution in [1.82, 2.24) is 0 Å². The molecule has 7 heavy (non-hydrogen) atoms. The number of hydrogen-bond donors (Lipinski definition) is 0. The molecule has 0 heterocycles. The van der Waals surface area contributed by atoms with Gasteiger partial charge in [0.05, 0.1) is 0 Å². The Morgan fingerprint density at radius 3 is 0.571 bits per heavy atom. The van der Waals surface area contributed by atoms with Crippen molar-refractivity contribution in [3.8, 4) is 0 Å². The van der Waals surface area contributed by atoms with Crippen molar-refractivity contribution in [2.24, 2.45) is 0 Å². The van der Waals surface area contributed by atoms with Gasteiger partial charge in [0, 0.05) is 0 Å². The van der Waals surface area contributed by atoms with Gasteiger partial charge in [-0.3, -0.25) is 0 Å². The van der Waals surface area contributed by atoms with Gasteiger partial charge in [0.2, 0.25) is 0 Å². The predicted octanol–water partition coefficient (Wildman–Crippen LogP) is -0.861. The Kier molecular flexibility index (Phi) is 5070. The summed E-state index contributed by atoms with van der Waals surface area (Å²) in [4.78, 5) is 0. The summed E-state index contributed by atoms with van der Waals surface area (Å²) in [6, 6.07) is 0. The Morgan fingerprint density at radius 1 is 0.571 bits per heavy atom. The van der Waals surface area contributed by atoms with Gasteiger partial charge in [-0.05, 0) is 0 Å². The van der Waals surface area contributed by atoms with E-state index in [1.54, 1.807) is 0 Å². The van der Waals surface area contributed by atoms with E-state index in [4.69, 9.17) is 0 Å². The van der Waals surface area contributed by atoms with Crippen LogP contribution >= 0.6 is 0 Å². The molecule has 0 aliphatic rings. The minimum Gasteiger partial charge on any atom is -2.00 e. The molecule has 0 rings (SSSR count). The quantitative estimate of drug-likeness (QED) is 0.454. The van der Waals surface area contributed by atoms with E-state index in [-0.39, 0.29) is 73.4 Å². The van der Waals surface area contributed by atoms with Crippen LogP contribution in [0.4, 0.5) is 0 Å². The predicted molar refractivity (Wildman–Crippen MR) is 8.50 cm³/mol. The van der Waals surface area contributed by atoms with E-state index in [1.807, 2.05) is 0 Å². The van der Waals surface area contributed by atoms with Crippen LogP contribution < -0.4 is 0 Å². The van der Waals surface area contributed by atoms with Crippen LogP contribution in [0.25, 0.3) is 0 Å². The molecule has 0 fully saturated rings. The molecular weight excluding hydrogens is 202 g/mol. The summed E-state index contributed by atoms with van der Waals surface area (Å²) < 4.78 is 0. The summed E-state index contributed by atoms with van der Waals surface area (Å²) in [6.45, 7) is 0. The molecular formula is AlCoCrO4. The monoisotopic (exact) mass is 202 g/mol. The second-order valence-electron chi connectivity index (χ2n) is 0. The molecule has 0 unspecified atom stereocenters. The molecule has 0 spiro atoms. The third-order valence-corrected chi connectivity index (χ3v) is 0. The van der Waals surface area contributed by atoms with Gasteiger partial charge in [-0.2, -0.15) is 0 Å². The first-order valence-corrected chi connectivity index (χ1v) is 0. The van der Waals surface area contributed by atoms with Crippen molar-refractivity contribution >= 4 is 17.4 Å². The fourth-order valence-electron chi connectivity index (χ4n) is 0. The SMILES string of the molecule is [Al+3].[Co+2].[Cr+3].[O-2].[O-2].[O-2].[O-2]. The van der Waals surface area contributed by atoms with Gasteiger partial charge in [0.15, 0.2) is 0 Å². The number of rotatable bonds is 0. The van der Waals surface area contributed by atoms with Crippen molar-refractivity contribution in [2.75, 3.05) is 0 Å². The average Bonchev–Trinajstić information content (AvgIpc) is 0. The maximum Gasteiger partial charge on any atom is 3.00 e. The van der Waals surface area contributed by atoms with Crippen LogP contribution in [0.1, 0.15) is 0 Å². The minimum atomic E-state index is 0. The van der Waals surface area contributed by atoms with Crippen LogP contribution in [0.3, 0.4) is 0 Å². The standard InChI is InChI=1S/Al.Co.Cr.4O/q+3;+2;+3;4*-2. The van der Waals surface area contributed by atoms with Crippen LogP contribution in [0.15, 0.2) is 0 Å². The van der Waals surface area contributed by atoms with Crippen LogP contribution in [-0.2, 0) is 56.0 Å². The summed E-state index contributed by atoms with van der Waals surface area (Å²) in [5, 5.41) is 0. The van der Waals surface area contributed by atoms with Crippen molar-refractivity contribution < 1.29 is 56.0 Å². The van der Waals surface area contributed by atoms with Gasteiger partial charge >= 0.3 is 51.5 Å². The zero-order valence-corrected chi connectivity index (χ0v) is 6.42. The van der Waals surface area contributed by atoms with E-state index in [0.717, 1.165) is 0 Å².